The third-order valence-corrected chi connectivity index (χ3v) is 5.12. The van der Waals surface area contributed by atoms with Gasteiger partial charge in [0.2, 0.25) is 10.0 Å². The van der Waals surface area contributed by atoms with E-state index < -0.39 is 16.0 Å². The summed E-state index contributed by atoms with van der Waals surface area (Å²) in [6.45, 7) is 0. The number of anilines is 1. The maximum absolute atomic E-state index is 12.1. The van der Waals surface area contributed by atoms with Crippen LogP contribution in [0.1, 0.15) is 10.4 Å². The summed E-state index contributed by atoms with van der Waals surface area (Å²) in [6, 6.07) is 15.7. The Balaban J connectivity index is 2.51. The zero-order chi connectivity index (χ0) is 18.2. The first-order valence-electron chi connectivity index (χ1n) is 7.46. The van der Waals surface area contributed by atoms with Crippen LogP contribution < -0.4 is 4.31 Å². The van der Waals surface area contributed by atoms with Crippen LogP contribution in [0.2, 0.25) is 0 Å². The number of sulfonamides is 1. The summed E-state index contributed by atoms with van der Waals surface area (Å²) in [5, 5.41) is 10.2. The van der Waals surface area contributed by atoms with Gasteiger partial charge >= 0.3 is 5.97 Å². The van der Waals surface area contributed by atoms with Crippen LogP contribution in [-0.4, -0.2) is 37.8 Å². The molecule has 0 aliphatic rings. The topological polar surface area (TPSA) is 87.6 Å². The summed E-state index contributed by atoms with van der Waals surface area (Å²) in [5.74, 6) is -1.21. The molecule has 6 nitrogen and oxygen atoms in total. The van der Waals surface area contributed by atoms with Crippen molar-refractivity contribution in [2.45, 2.75) is 0 Å². The van der Waals surface area contributed by atoms with Gasteiger partial charge in [0.1, 0.15) is 0 Å². The number of benzene rings is 2. The molecule has 0 unspecified atom stereocenters. The number of rotatable bonds is 4. The molecule has 25 heavy (non-hydrogen) atoms. The summed E-state index contributed by atoms with van der Waals surface area (Å²) in [7, 11) is -2.35. The molecule has 1 heterocycles. The van der Waals surface area contributed by atoms with Crippen molar-refractivity contribution in [2.75, 3.05) is 17.6 Å². The minimum Gasteiger partial charge on any atom is -0.478 e. The fraction of sp³-hybridized carbons (Fsp3) is 0.111. The maximum atomic E-state index is 12.1. The van der Waals surface area contributed by atoms with Gasteiger partial charge < -0.3 is 5.11 Å². The lowest BCUT2D eigenvalue weighted by Crippen LogP contribution is -2.28. The van der Waals surface area contributed by atoms with E-state index in [2.05, 4.69) is 4.98 Å². The minimum atomic E-state index is -3.68. The van der Waals surface area contributed by atoms with Crippen molar-refractivity contribution in [3.8, 4) is 11.3 Å². The van der Waals surface area contributed by atoms with E-state index in [4.69, 9.17) is 0 Å². The molecule has 0 amide bonds. The lowest BCUT2D eigenvalue weighted by molar-refractivity contribution is 0.0700. The number of hydrogen-bond donors (Lipinski definition) is 1. The maximum Gasteiger partial charge on any atom is 0.338 e. The normalized spacial score (nSPS) is 11.4. The van der Waals surface area contributed by atoms with Crippen LogP contribution in [0.3, 0.4) is 0 Å². The number of nitrogens with zero attached hydrogens (tertiary/aromatic N) is 2. The van der Waals surface area contributed by atoms with Crippen LogP contribution in [0.4, 0.5) is 5.69 Å². The molecule has 0 spiro atoms. The van der Waals surface area contributed by atoms with Gasteiger partial charge in [0.25, 0.3) is 0 Å². The zero-order valence-electron chi connectivity index (χ0n) is 13.7. The van der Waals surface area contributed by atoms with Crippen molar-refractivity contribution in [3.63, 3.8) is 0 Å². The number of para-hydroxylation sites is 1. The van der Waals surface area contributed by atoms with E-state index in [1.807, 2.05) is 6.07 Å². The van der Waals surface area contributed by atoms with Gasteiger partial charge in [-0.15, -0.1) is 0 Å². The van der Waals surface area contributed by atoms with Gasteiger partial charge in [0.05, 0.1) is 28.7 Å². The first-order valence-corrected chi connectivity index (χ1v) is 9.31. The predicted octanol–water partition coefficient (Wildman–Crippen LogP) is 3.00. The van der Waals surface area contributed by atoms with E-state index in [-0.39, 0.29) is 11.3 Å². The Morgan fingerprint density at radius 3 is 2.24 bits per heavy atom. The second-order valence-electron chi connectivity index (χ2n) is 5.60. The van der Waals surface area contributed by atoms with Crippen LogP contribution >= 0.6 is 0 Å². The van der Waals surface area contributed by atoms with Crippen molar-refractivity contribution >= 4 is 32.6 Å². The molecule has 0 fully saturated rings. The molecule has 3 aromatic rings. The Morgan fingerprint density at radius 2 is 1.64 bits per heavy atom. The van der Waals surface area contributed by atoms with E-state index in [0.717, 1.165) is 10.6 Å². The van der Waals surface area contributed by atoms with E-state index >= 15 is 0 Å². The fourth-order valence-corrected chi connectivity index (χ4v) is 3.20. The second kappa shape index (κ2) is 6.18. The molecular weight excluding hydrogens is 340 g/mol. The van der Waals surface area contributed by atoms with Gasteiger partial charge in [-0.2, -0.15) is 0 Å². The molecule has 0 bridgehead atoms. The van der Waals surface area contributed by atoms with Crippen LogP contribution in [-0.2, 0) is 10.0 Å². The third-order valence-electron chi connectivity index (χ3n) is 3.94. The minimum absolute atomic E-state index is 0.0555. The molecule has 7 heteroatoms. The first-order chi connectivity index (χ1) is 11.8. The molecule has 2 aromatic carbocycles. The third kappa shape index (κ3) is 3.06. The van der Waals surface area contributed by atoms with Crippen molar-refractivity contribution < 1.29 is 18.3 Å². The highest BCUT2D eigenvalue weighted by molar-refractivity contribution is 7.92. The Hall–Kier alpha value is -2.93. The van der Waals surface area contributed by atoms with Crippen molar-refractivity contribution in [1.29, 1.82) is 0 Å². The lowest BCUT2D eigenvalue weighted by atomic mass is 10.0. The molecule has 0 atom stereocenters. The Labute approximate surface area is 145 Å². The van der Waals surface area contributed by atoms with E-state index in [9.17, 15) is 18.3 Å². The lowest BCUT2D eigenvalue weighted by Gasteiger charge is -2.23. The molecule has 0 saturated heterocycles. The number of aromatic nitrogens is 1. The summed E-state index contributed by atoms with van der Waals surface area (Å²) in [6.07, 6.45) is 1.03. The monoisotopic (exact) mass is 356 g/mol. The summed E-state index contributed by atoms with van der Waals surface area (Å²) in [5.41, 5.74) is 1.41. The number of carbonyl (C=O) groups is 1. The van der Waals surface area contributed by atoms with Gasteiger partial charge in [0, 0.05) is 18.0 Å². The van der Waals surface area contributed by atoms with Crippen molar-refractivity contribution in [3.05, 3.63) is 60.2 Å². The van der Waals surface area contributed by atoms with Crippen molar-refractivity contribution in [2.24, 2.45) is 0 Å². The van der Waals surface area contributed by atoms with Gasteiger partial charge in [0.15, 0.2) is 0 Å². The van der Waals surface area contributed by atoms with Gasteiger partial charge in [-0.05, 0) is 6.07 Å². The average Bonchev–Trinajstić information content (AvgIpc) is 2.59. The van der Waals surface area contributed by atoms with Crippen LogP contribution in [0.15, 0.2) is 54.6 Å². The standard InChI is InChI=1S/C18H16N2O4S/c1-20(25(2,23)24)17-15(18(21)22)13-10-6-7-11-14(13)19-16(17)12-8-4-3-5-9-12/h3-11H,1-2H3,(H,21,22). The van der Waals surface area contributed by atoms with E-state index in [0.29, 0.717) is 22.2 Å². The van der Waals surface area contributed by atoms with Crippen LogP contribution in [0.5, 0.6) is 0 Å². The largest absolute Gasteiger partial charge is 0.478 e. The SMILES string of the molecule is CN(c1c(-c2ccccc2)nc2ccccc2c1C(=O)O)S(C)(=O)=O. The Kier molecular flexibility index (Phi) is 4.18. The molecule has 0 aliphatic heterocycles. The zero-order valence-corrected chi connectivity index (χ0v) is 14.5. The summed E-state index contributed by atoms with van der Waals surface area (Å²) < 4.78 is 25.2. The molecule has 0 saturated carbocycles. The Bertz CT molecular complexity index is 1060. The fourth-order valence-electron chi connectivity index (χ4n) is 2.69. The number of aromatic carboxylic acids is 1. The number of carboxylic acids is 1. The first kappa shape index (κ1) is 16.9. The molecule has 1 N–H and O–H groups in total. The van der Waals surface area contributed by atoms with Crippen molar-refractivity contribution in [1.82, 2.24) is 4.98 Å². The molecule has 0 aliphatic carbocycles. The molecule has 1 aromatic heterocycles. The average molecular weight is 356 g/mol. The number of carboxylic acid groups (broad SMARTS) is 1. The summed E-state index contributed by atoms with van der Waals surface area (Å²) >= 11 is 0. The highest BCUT2D eigenvalue weighted by Crippen LogP contribution is 2.37. The van der Waals surface area contributed by atoms with Gasteiger partial charge in [-0.3, -0.25) is 4.31 Å². The molecular formula is C18H16N2O4S. The number of hydrogen-bond acceptors (Lipinski definition) is 4. The van der Waals surface area contributed by atoms with Gasteiger partial charge in [-0.25, -0.2) is 18.2 Å². The number of fused-ring (bicyclic) bond motifs is 1. The molecule has 128 valence electrons. The Morgan fingerprint density at radius 1 is 1.04 bits per heavy atom. The molecule has 3 rings (SSSR count). The van der Waals surface area contributed by atoms with E-state index in [1.54, 1.807) is 48.5 Å². The highest BCUT2D eigenvalue weighted by atomic mass is 32.2. The van der Waals surface area contributed by atoms with E-state index in [1.165, 1.54) is 7.05 Å². The smallest absolute Gasteiger partial charge is 0.338 e. The predicted molar refractivity (Wildman–Crippen MR) is 97.4 cm³/mol. The van der Waals surface area contributed by atoms with Gasteiger partial charge in [-0.1, -0.05) is 48.5 Å². The second-order valence-corrected chi connectivity index (χ2v) is 7.62. The van der Waals surface area contributed by atoms with Crippen LogP contribution in [0, 0.1) is 0 Å². The highest BCUT2D eigenvalue weighted by Gasteiger charge is 2.27. The van der Waals surface area contributed by atoms with Crippen LogP contribution in [0.25, 0.3) is 22.2 Å². The molecule has 0 radical (unpaired) electrons. The number of pyridine rings is 1. The quantitative estimate of drug-likeness (QED) is 0.776. The summed E-state index contributed by atoms with van der Waals surface area (Å²) in [4.78, 5) is 16.6.